The number of rotatable bonds is 9. The van der Waals surface area contributed by atoms with Crippen LogP contribution in [-0.2, 0) is 11.3 Å². The molecule has 0 saturated heterocycles. The Kier molecular flexibility index (Phi) is 7.13. The van der Waals surface area contributed by atoms with Gasteiger partial charge in [-0.2, -0.15) is 0 Å². The number of hydrogen-bond acceptors (Lipinski definition) is 4. The van der Waals surface area contributed by atoms with Crippen LogP contribution in [0.25, 0.3) is 0 Å². The maximum absolute atomic E-state index is 12.4. The molecular weight excluding hydrogens is 316 g/mol. The van der Waals surface area contributed by atoms with E-state index in [1.54, 1.807) is 24.3 Å². The van der Waals surface area contributed by atoms with Crippen LogP contribution < -0.4 is 16.8 Å². The molecule has 6 nitrogen and oxygen atoms in total. The fourth-order valence-electron chi connectivity index (χ4n) is 2.57. The lowest BCUT2D eigenvalue weighted by atomic mass is 10.1. The highest BCUT2D eigenvalue weighted by Gasteiger charge is 2.14. The first kappa shape index (κ1) is 18.6. The molecule has 0 aliphatic heterocycles. The maximum atomic E-state index is 12.4. The van der Waals surface area contributed by atoms with Crippen molar-refractivity contribution in [1.29, 1.82) is 0 Å². The van der Waals surface area contributed by atoms with Crippen LogP contribution in [-0.4, -0.2) is 36.3 Å². The zero-order valence-corrected chi connectivity index (χ0v) is 14.2. The monoisotopic (exact) mass is 340 g/mol. The summed E-state index contributed by atoms with van der Waals surface area (Å²) in [5.41, 5.74) is 12.8. The number of carbonyl (C=O) groups is 2. The minimum Gasteiger partial charge on any atom is -0.366 e. The van der Waals surface area contributed by atoms with Crippen molar-refractivity contribution in [3.8, 4) is 0 Å². The molecule has 0 spiro atoms. The fraction of sp³-hybridized carbons (Fsp3) is 0.263. The Balaban J connectivity index is 2.02. The van der Waals surface area contributed by atoms with Crippen LogP contribution in [0.4, 0.5) is 5.69 Å². The first-order valence-electron chi connectivity index (χ1n) is 8.25. The predicted molar refractivity (Wildman–Crippen MR) is 99.0 cm³/mol. The van der Waals surface area contributed by atoms with E-state index in [4.69, 9.17) is 11.5 Å². The SMILES string of the molecule is NCCCN(CC(=O)Nc1ccccc1C(N)=O)Cc1ccccc1. The highest BCUT2D eigenvalue weighted by Crippen LogP contribution is 2.14. The van der Waals surface area contributed by atoms with Gasteiger partial charge in [0.2, 0.25) is 5.91 Å². The summed E-state index contributed by atoms with van der Waals surface area (Å²) in [6.07, 6.45) is 0.804. The van der Waals surface area contributed by atoms with E-state index in [-0.39, 0.29) is 12.5 Å². The largest absolute Gasteiger partial charge is 0.366 e. The Morgan fingerprint density at radius 3 is 2.36 bits per heavy atom. The van der Waals surface area contributed by atoms with E-state index in [0.717, 1.165) is 18.5 Å². The molecule has 0 aliphatic rings. The van der Waals surface area contributed by atoms with E-state index in [1.807, 2.05) is 35.2 Å². The molecule has 0 radical (unpaired) electrons. The molecular formula is C19H24N4O2. The number of carbonyl (C=O) groups excluding carboxylic acids is 2. The Labute approximate surface area is 147 Å². The molecule has 0 atom stereocenters. The van der Waals surface area contributed by atoms with E-state index in [1.165, 1.54) is 0 Å². The number of benzene rings is 2. The normalized spacial score (nSPS) is 10.6. The maximum Gasteiger partial charge on any atom is 0.250 e. The number of amides is 2. The lowest BCUT2D eigenvalue weighted by Crippen LogP contribution is -2.34. The lowest BCUT2D eigenvalue weighted by molar-refractivity contribution is -0.117. The molecule has 0 heterocycles. The lowest BCUT2D eigenvalue weighted by Gasteiger charge is -2.22. The summed E-state index contributed by atoms with van der Waals surface area (Å²) in [6.45, 7) is 2.15. The first-order chi connectivity index (χ1) is 12.1. The van der Waals surface area contributed by atoms with Crippen LogP contribution in [0.3, 0.4) is 0 Å². The van der Waals surface area contributed by atoms with Crippen molar-refractivity contribution in [3.05, 3.63) is 65.7 Å². The van der Waals surface area contributed by atoms with Crippen molar-refractivity contribution >= 4 is 17.5 Å². The van der Waals surface area contributed by atoms with Gasteiger partial charge in [0.25, 0.3) is 5.91 Å². The van der Waals surface area contributed by atoms with Gasteiger partial charge in [-0.1, -0.05) is 42.5 Å². The Morgan fingerprint density at radius 2 is 1.68 bits per heavy atom. The first-order valence-corrected chi connectivity index (χ1v) is 8.25. The second-order valence-electron chi connectivity index (χ2n) is 5.80. The average molecular weight is 340 g/mol. The summed E-state index contributed by atoms with van der Waals surface area (Å²) >= 11 is 0. The van der Waals surface area contributed by atoms with E-state index < -0.39 is 5.91 Å². The Morgan fingerprint density at radius 1 is 1.00 bits per heavy atom. The smallest absolute Gasteiger partial charge is 0.250 e. The minimum atomic E-state index is -0.569. The second-order valence-corrected chi connectivity index (χ2v) is 5.80. The van der Waals surface area contributed by atoms with Crippen LogP contribution >= 0.6 is 0 Å². The number of nitrogens with zero attached hydrogens (tertiary/aromatic N) is 1. The van der Waals surface area contributed by atoms with Gasteiger partial charge in [-0.25, -0.2) is 0 Å². The quantitative estimate of drug-likeness (QED) is 0.645. The van der Waals surface area contributed by atoms with Gasteiger partial charge in [-0.15, -0.1) is 0 Å². The average Bonchev–Trinajstić information content (AvgIpc) is 2.60. The van der Waals surface area contributed by atoms with Crippen LogP contribution in [0.1, 0.15) is 22.3 Å². The third-order valence-corrected chi connectivity index (χ3v) is 3.76. The summed E-state index contributed by atoms with van der Waals surface area (Å²) in [7, 11) is 0. The zero-order chi connectivity index (χ0) is 18.1. The molecule has 2 aromatic carbocycles. The zero-order valence-electron chi connectivity index (χ0n) is 14.2. The van der Waals surface area contributed by atoms with Crippen molar-refractivity contribution in [2.24, 2.45) is 11.5 Å². The second kappa shape index (κ2) is 9.56. The molecule has 0 aromatic heterocycles. The van der Waals surface area contributed by atoms with Crippen molar-refractivity contribution in [2.45, 2.75) is 13.0 Å². The van der Waals surface area contributed by atoms with Gasteiger partial charge in [0.15, 0.2) is 0 Å². The van der Waals surface area contributed by atoms with Crippen molar-refractivity contribution in [2.75, 3.05) is 25.0 Å². The van der Waals surface area contributed by atoms with E-state index in [9.17, 15) is 9.59 Å². The number of hydrogen-bond donors (Lipinski definition) is 3. The van der Waals surface area contributed by atoms with E-state index in [2.05, 4.69) is 5.32 Å². The van der Waals surface area contributed by atoms with Crippen LogP contribution in [0.2, 0.25) is 0 Å². The molecule has 0 saturated carbocycles. The van der Waals surface area contributed by atoms with Gasteiger partial charge in [0.05, 0.1) is 17.8 Å². The molecule has 0 aliphatic carbocycles. The predicted octanol–water partition coefficient (Wildman–Crippen LogP) is 1.57. The van der Waals surface area contributed by atoms with E-state index in [0.29, 0.717) is 24.3 Å². The van der Waals surface area contributed by atoms with E-state index >= 15 is 0 Å². The molecule has 132 valence electrons. The molecule has 2 aromatic rings. The van der Waals surface area contributed by atoms with Crippen LogP contribution in [0, 0.1) is 0 Å². The number of anilines is 1. The van der Waals surface area contributed by atoms with Crippen molar-refractivity contribution < 1.29 is 9.59 Å². The Hall–Kier alpha value is -2.70. The third kappa shape index (κ3) is 6.02. The number of para-hydroxylation sites is 1. The summed E-state index contributed by atoms with van der Waals surface area (Å²) in [4.78, 5) is 25.9. The molecule has 25 heavy (non-hydrogen) atoms. The summed E-state index contributed by atoms with van der Waals surface area (Å²) in [5, 5.41) is 2.77. The van der Waals surface area contributed by atoms with Crippen molar-refractivity contribution in [1.82, 2.24) is 4.90 Å². The van der Waals surface area contributed by atoms with Gasteiger partial charge in [0, 0.05) is 13.1 Å². The summed E-state index contributed by atoms with van der Waals surface area (Å²) in [6, 6.07) is 16.7. The molecule has 0 fully saturated rings. The van der Waals surface area contributed by atoms with Gasteiger partial charge >= 0.3 is 0 Å². The van der Waals surface area contributed by atoms with Gasteiger partial charge in [-0.3, -0.25) is 14.5 Å². The standard InChI is InChI=1S/C19H24N4O2/c20-11-6-12-23(13-15-7-2-1-3-8-15)14-18(24)22-17-10-5-4-9-16(17)19(21)25/h1-5,7-10H,6,11-14,20H2,(H2,21,25)(H,22,24). The Bertz CT molecular complexity index is 704. The van der Waals surface area contributed by atoms with Gasteiger partial charge in [-0.05, 0) is 30.7 Å². The van der Waals surface area contributed by atoms with Crippen LogP contribution in [0.15, 0.2) is 54.6 Å². The van der Waals surface area contributed by atoms with Gasteiger partial charge in [0.1, 0.15) is 0 Å². The van der Waals surface area contributed by atoms with Crippen LogP contribution in [0.5, 0.6) is 0 Å². The number of nitrogens with two attached hydrogens (primary N) is 2. The minimum absolute atomic E-state index is 0.193. The summed E-state index contributed by atoms with van der Waals surface area (Å²) in [5.74, 6) is -0.762. The molecule has 2 amide bonds. The number of primary amides is 1. The highest BCUT2D eigenvalue weighted by molar-refractivity contribution is 6.03. The number of nitrogens with one attached hydrogen (secondary N) is 1. The molecule has 0 unspecified atom stereocenters. The fourth-order valence-corrected chi connectivity index (χ4v) is 2.57. The molecule has 5 N–H and O–H groups in total. The molecule has 6 heteroatoms. The summed E-state index contributed by atoms with van der Waals surface area (Å²) < 4.78 is 0. The highest BCUT2D eigenvalue weighted by atomic mass is 16.2. The molecule has 2 rings (SSSR count). The van der Waals surface area contributed by atoms with Crippen molar-refractivity contribution in [3.63, 3.8) is 0 Å². The third-order valence-electron chi connectivity index (χ3n) is 3.76. The van der Waals surface area contributed by atoms with Gasteiger partial charge < -0.3 is 16.8 Å². The molecule has 0 bridgehead atoms. The topological polar surface area (TPSA) is 101 Å².